The largest absolute Gasteiger partial charge is 0.489 e. The van der Waals surface area contributed by atoms with Gasteiger partial charge in [0.2, 0.25) is 0 Å². The lowest BCUT2D eigenvalue weighted by molar-refractivity contribution is 0.306. The summed E-state index contributed by atoms with van der Waals surface area (Å²) in [7, 11) is 0. The van der Waals surface area contributed by atoms with Gasteiger partial charge >= 0.3 is 0 Å². The summed E-state index contributed by atoms with van der Waals surface area (Å²) in [6.07, 6.45) is 5.75. The Balaban J connectivity index is 1.07. The van der Waals surface area contributed by atoms with Crippen LogP contribution in [0.2, 0.25) is 0 Å². The number of hydrogen-bond donors (Lipinski definition) is 1. The van der Waals surface area contributed by atoms with Crippen molar-refractivity contribution in [3.8, 4) is 17.2 Å². The van der Waals surface area contributed by atoms with Crippen LogP contribution >= 0.6 is 0 Å². The second kappa shape index (κ2) is 9.75. The molecule has 1 heterocycles. The Labute approximate surface area is 223 Å². The lowest BCUT2D eigenvalue weighted by Gasteiger charge is -2.37. The van der Waals surface area contributed by atoms with E-state index in [0.29, 0.717) is 18.4 Å². The summed E-state index contributed by atoms with van der Waals surface area (Å²) < 4.78 is 12.3. The number of allylic oxidation sites excluding steroid dienone is 2. The third kappa shape index (κ3) is 4.41. The molecule has 0 bridgehead atoms. The molecule has 0 saturated carbocycles. The van der Waals surface area contributed by atoms with Crippen molar-refractivity contribution < 1.29 is 9.47 Å². The predicted octanol–water partition coefficient (Wildman–Crippen LogP) is 9.04. The molecule has 3 nitrogen and oxygen atoms in total. The molecule has 1 N–H and O–H groups in total. The molecule has 0 aromatic heterocycles. The van der Waals surface area contributed by atoms with E-state index in [4.69, 9.17) is 9.47 Å². The van der Waals surface area contributed by atoms with Crippen molar-refractivity contribution >= 4 is 16.5 Å². The summed E-state index contributed by atoms with van der Waals surface area (Å²) in [6, 6.07) is 40.2. The minimum absolute atomic E-state index is 0.248. The van der Waals surface area contributed by atoms with Gasteiger partial charge in [0.05, 0.1) is 6.04 Å². The van der Waals surface area contributed by atoms with Gasteiger partial charge in [0, 0.05) is 11.6 Å². The summed E-state index contributed by atoms with van der Waals surface area (Å²) in [5.74, 6) is 3.47. The van der Waals surface area contributed by atoms with Crippen LogP contribution in [0.5, 0.6) is 17.2 Å². The maximum atomic E-state index is 6.14. The van der Waals surface area contributed by atoms with Gasteiger partial charge in [-0.3, -0.25) is 0 Å². The molecule has 3 heteroatoms. The number of ether oxygens (including phenoxy) is 2. The fraction of sp³-hybridized carbons (Fsp3) is 0.143. The standard InChI is InChI=1S/C35H29NO2/c1-2-9-29(10-3-1)38-30-19-20-34-33(22-30)31-11-6-12-32(31)35(36-34)26-15-17-28(18-16-26)37-23-24-13-14-25-7-4-5-8-27(25)21-24/h1-11,13-22,31-32,35-36H,12,23H2/t31-,32+,35+/m1/s1. The maximum Gasteiger partial charge on any atom is 0.127 e. The molecule has 0 amide bonds. The normalized spacial score (nSPS) is 19.4. The van der Waals surface area contributed by atoms with Crippen LogP contribution in [-0.4, -0.2) is 0 Å². The molecule has 0 fully saturated rings. The highest BCUT2D eigenvalue weighted by molar-refractivity contribution is 5.83. The Morgan fingerprint density at radius 2 is 1.47 bits per heavy atom. The van der Waals surface area contributed by atoms with E-state index in [1.54, 1.807) is 0 Å². The average molecular weight is 496 g/mol. The molecule has 0 saturated heterocycles. The van der Waals surface area contributed by atoms with E-state index in [9.17, 15) is 0 Å². The zero-order chi connectivity index (χ0) is 25.3. The molecule has 3 atom stereocenters. The molecule has 5 aromatic carbocycles. The van der Waals surface area contributed by atoms with Crippen molar-refractivity contribution in [1.29, 1.82) is 0 Å². The summed E-state index contributed by atoms with van der Waals surface area (Å²) in [4.78, 5) is 0. The Morgan fingerprint density at radius 3 is 2.34 bits per heavy atom. The quantitative estimate of drug-likeness (QED) is 0.238. The van der Waals surface area contributed by atoms with Gasteiger partial charge in [-0.25, -0.2) is 0 Å². The molecule has 0 spiro atoms. The molecule has 1 aliphatic carbocycles. The number of nitrogens with one attached hydrogen (secondary N) is 1. The minimum Gasteiger partial charge on any atom is -0.489 e. The highest BCUT2D eigenvalue weighted by atomic mass is 16.5. The van der Waals surface area contributed by atoms with Gasteiger partial charge in [0.15, 0.2) is 0 Å². The van der Waals surface area contributed by atoms with E-state index < -0.39 is 0 Å². The van der Waals surface area contributed by atoms with Gasteiger partial charge in [-0.1, -0.05) is 78.9 Å². The molecular formula is C35H29NO2. The molecule has 186 valence electrons. The average Bonchev–Trinajstić information content (AvgIpc) is 3.47. The summed E-state index contributed by atoms with van der Waals surface area (Å²) >= 11 is 0. The Bertz CT molecular complexity index is 1610. The number of para-hydroxylation sites is 1. The molecule has 38 heavy (non-hydrogen) atoms. The monoisotopic (exact) mass is 495 g/mol. The molecule has 0 unspecified atom stereocenters. The second-order valence-corrected chi connectivity index (χ2v) is 10.2. The number of anilines is 1. The first kappa shape index (κ1) is 22.7. The lowest BCUT2D eigenvalue weighted by atomic mass is 9.77. The first-order valence-electron chi connectivity index (χ1n) is 13.3. The summed E-state index contributed by atoms with van der Waals surface area (Å²) in [5.41, 5.74) is 4.95. The Morgan fingerprint density at radius 1 is 0.684 bits per heavy atom. The van der Waals surface area contributed by atoms with Crippen LogP contribution in [0.25, 0.3) is 10.8 Å². The molecule has 5 aromatic rings. The summed E-state index contributed by atoms with van der Waals surface area (Å²) in [5, 5.41) is 6.33. The SMILES string of the molecule is C1=C[C@H]2c3cc(Oc4ccccc4)ccc3N[C@@H](c3ccc(OCc4ccc5ccccc5c4)cc3)[C@H]2C1. The minimum atomic E-state index is 0.248. The van der Waals surface area contributed by atoms with Crippen LogP contribution in [0.1, 0.15) is 35.1 Å². The van der Waals surface area contributed by atoms with Crippen molar-refractivity contribution in [2.45, 2.75) is 25.0 Å². The molecule has 2 aliphatic rings. The summed E-state index contributed by atoms with van der Waals surface area (Å²) in [6.45, 7) is 0.557. The van der Waals surface area contributed by atoms with Crippen LogP contribution in [0, 0.1) is 5.92 Å². The fourth-order valence-corrected chi connectivity index (χ4v) is 5.86. The van der Waals surface area contributed by atoms with Crippen LogP contribution in [0.3, 0.4) is 0 Å². The lowest BCUT2D eigenvalue weighted by Crippen LogP contribution is -2.29. The van der Waals surface area contributed by atoms with E-state index in [2.05, 4.69) is 102 Å². The van der Waals surface area contributed by atoms with Gasteiger partial charge in [0.1, 0.15) is 23.9 Å². The van der Waals surface area contributed by atoms with E-state index in [0.717, 1.165) is 23.7 Å². The fourth-order valence-electron chi connectivity index (χ4n) is 5.86. The number of benzene rings is 5. The van der Waals surface area contributed by atoms with Crippen LogP contribution in [0.4, 0.5) is 5.69 Å². The van der Waals surface area contributed by atoms with Crippen LogP contribution in [0.15, 0.2) is 127 Å². The van der Waals surface area contributed by atoms with Crippen LogP contribution in [-0.2, 0) is 6.61 Å². The van der Waals surface area contributed by atoms with E-state index >= 15 is 0 Å². The Kier molecular flexibility index (Phi) is 5.82. The highest BCUT2D eigenvalue weighted by Gasteiger charge is 2.38. The van der Waals surface area contributed by atoms with E-state index in [1.165, 1.54) is 33.2 Å². The van der Waals surface area contributed by atoms with Crippen molar-refractivity contribution in [2.24, 2.45) is 5.92 Å². The van der Waals surface area contributed by atoms with Gasteiger partial charge in [-0.15, -0.1) is 0 Å². The van der Waals surface area contributed by atoms with E-state index in [1.807, 2.05) is 30.3 Å². The number of fused-ring (bicyclic) bond motifs is 4. The van der Waals surface area contributed by atoms with Gasteiger partial charge in [-0.2, -0.15) is 0 Å². The smallest absolute Gasteiger partial charge is 0.127 e. The number of rotatable bonds is 6. The first-order chi connectivity index (χ1) is 18.8. The topological polar surface area (TPSA) is 30.5 Å². The predicted molar refractivity (Wildman–Crippen MR) is 154 cm³/mol. The first-order valence-corrected chi connectivity index (χ1v) is 13.3. The third-order valence-electron chi connectivity index (χ3n) is 7.77. The number of hydrogen-bond acceptors (Lipinski definition) is 3. The maximum absolute atomic E-state index is 6.14. The molecule has 0 radical (unpaired) electrons. The molecular weight excluding hydrogens is 466 g/mol. The van der Waals surface area contributed by atoms with Gasteiger partial charge in [0.25, 0.3) is 0 Å². The van der Waals surface area contributed by atoms with Gasteiger partial charge in [-0.05, 0) is 88.3 Å². The van der Waals surface area contributed by atoms with Crippen molar-refractivity contribution in [3.63, 3.8) is 0 Å². The zero-order valence-electron chi connectivity index (χ0n) is 21.1. The zero-order valence-corrected chi connectivity index (χ0v) is 21.1. The molecule has 1 aliphatic heterocycles. The van der Waals surface area contributed by atoms with Crippen LogP contribution < -0.4 is 14.8 Å². The highest BCUT2D eigenvalue weighted by Crippen LogP contribution is 2.50. The van der Waals surface area contributed by atoms with Gasteiger partial charge < -0.3 is 14.8 Å². The molecule has 7 rings (SSSR count). The second-order valence-electron chi connectivity index (χ2n) is 10.2. The van der Waals surface area contributed by atoms with Crippen molar-refractivity contribution in [2.75, 3.05) is 5.32 Å². The van der Waals surface area contributed by atoms with E-state index in [-0.39, 0.29) is 6.04 Å². The Hall–Kier alpha value is -4.50. The third-order valence-corrected chi connectivity index (χ3v) is 7.77. The van der Waals surface area contributed by atoms with Crippen molar-refractivity contribution in [1.82, 2.24) is 0 Å². The van der Waals surface area contributed by atoms with Crippen molar-refractivity contribution in [3.05, 3.63) is 144 Å².